The number of nitrogens with zero attached hydrogens (tertiary/aromatic N) is 3. The fourth-order valence-electron chi connectivity index (χ4n) is 2.17. The highest BCUT2D eigenvalue weighted by Crippen LogP contribution is 2.23. The van der Waals surface area contributed by atoms with Crippen LogP contribution in [0.1, 0.15) is 12.2 Å². The van der Waals surface area contributed by atoms with Crippen molar-refractivity contribution in [3.05, 3.63) is 54.6 Å². The zero-order chi connectivity index (χ0) is 13.9. The van der Waals surface area contributed by atoms with Crippen LogP contribution in [0.3, 0.4) is 0 Å². The van der Waals surface area contributed by atoms with E-state index in [-0.39, 0.29) is 6.42 Å². The van der Waals surface area contributed by atoms with Gasteiger partial charge in [0.15, 0.2) is 5.65 Å². The molecule has 0 bridgehead atoms. The van der Waals surface area contributed by atoms with Crippen LogP contribution >= 0.6 is 0 Å². The van der Waals surface area contributed by atoms with Gasteiger partial charge in [-0.2, -0.15) is 0 Å². The highest BCUT2D eigenvalue weighted by atomic mass is 16.4. The summed E-state index contributed by atoms with van der Waals surface area (Å²) in [5.74, 6) is -0.110. The monoisotopic (exact) mass is 267 g/mol. The molecule has 20 heavy (non-hydrogen) atoms. The van der Waals surface area contributed by atoms with Gasteiger partial charge >= 0.3 is 5.97 Å². The summed E-state index contributed by atoms with van der Waals surface area (Å²) >= 11 is 0. The Bertz CT molecular complexity index is 750. The van der Waals surface area contributed by atoms with Gasteiger partial charge in [0.05, 0.1) is 6.42 Å². The second kappa shape index (κ2) is 5.13. The lowest BCUT2D eigenvalue weighted by Gasteiger charge is -1.98. The van der Waals surface area contributed by atoms with Crippen LogP contribution in [0.5, 0.6) is 0 Å². The molecule has 0 aliphatic carbocycles. The first-order valence-corrected chi connectivity index (χ1v) is 6.35. The van der Waals surface area contributed by atoms with Gasteiger partial charge in [-0.15, -0.1) is 0 Å². The predicted molar refractivity (Wildman–Crippen MR) is 74.4 cm³/mol. The molecule has 1 N–H and O–H groups in total. The van der Waals surface area contributed by atoms with Gasteiger partial charge in [0.1, 0.15) is 11.5 Å². The first-order chi connectivity index (χ1) is 9.75. The molecule has 3 rings (SSSR count). The van der Waals surface area contributed by atoms with Crippen molar-refractivity contribution < 1.29 is 9.90 Å². The summed E-state index contributed by atoms with van der Waals surface area (Å²) in [4.78, 5) is 19.7. The fourth-order valence-corrected chi connectivity index (χ4v) is 2.17. The molecule has 0 radical (unpaired) electrons. The van der Waals surface area contributed by atoms with E-state index < -0.39 is 5.97 Å². The first kappa shape index (κ1) is 12.3. The minimum absolute atomic E-state index is 0.0578. The van der Waals surface area contributed by atoms with Crippen LogP contribution in [-0.4, -0.2) is 25.4 Å². The predicted octanol–water partition coefficient (Wildman–Crippen LogP) is 2.41. The van der Waals surface area contributed by atoms with Crippen LogP contribution < -0.4 is 0 Å². The van der Waals surface area contributed by atoms with Crippen molar-refractivity contribution >= 4 is 11.6 Å². The summed E-state index contributed by atoms with van der Waals surface area (Å²) in [5.41, 5.74) is 2.51. The second-order valence-electron chi connectivity index (χ2n) is 4.45. The van der Waals surface area contributed by atoms with Gasteiger partial charge < -0.3 is 5.11 Å². The SMILES string of the molecule is O=C(O)CCc1nc(-c2ccccc2)c2ncccn12. The standard InChI is InChI=1S/C15H13N3O2/c19-13(20)8-7-12-17-14(11-5-2-1-3-6-11)15-16-9-4-10-18(12)15/h1-6,9-10H,7-8H2,(H,19,20). The molecule has 0 saturated heterocycles. The molecule has 2 aromatic heterocycles. The van der Waals surface area contributed by atoms with Crippen LogP contribution in [0.2, 0.25) is 0 Å². The number of carboxylic acids is 1. The summed E-state index contributed by atoms with van der Waals surface area (Å²) in [5, 5.41) is 8.82. The molecule has 1 aromatic carbocycles. The number of hydrogen-bond donors (Lipinski definition) is 1. The molecule has 100 valence electrons. The average Bonchev–Trinajstić information content (AvgIpc) is 2.85. The highest BCUT2D eigenvalue weighted by Gasteiger charge is 2.14. The zero-order valence-electron chi connectivity index (χ0n) is 10.7. The molecule has 5 heteroatoms. The molecule has 2 heterocycles. The lowest BCUT2D eigenvalue weighted by atomic mass is 10.2. The van der Waals surface area contributed by atoms with Crippen molar-refractivity contribution in [2.24, 2.45) is 0 Å². The number of benzene rings is 1. The molecule has 0 aliphatic heterocycles. The maximum absolute atomic E-state index is 10.7. The lowest BCUT2D eigenvalue weighted by molar-refractivity contribution is -0.137. The smallest absolute Gasteiger partial charge is 0.303 e. The van der Waals surface area contributed by atoms with Crippen LogP contribution in [0.4, 0.5) is 0 Å². The van der Waals surface area contributed by atoms with Crippen LogP contribution in [0.25, 0.3) is 16.9 Å². The van der Waals surface area contributed by atoms with Crippen molar-refractivity contribution in [1.82, 2.24) is 14.4 Å². The molecule has 5 nitrogen and oxygen atoms in total. The topological polar surface area (TPSA) is 67.5 Å². The third-order valence-corrected chi connectivity index (χ3v) is 3.09. The Labute approximate surface area is 115 Å². The Morgan fingerprint density at radius 2 is 2.00 bits per heavy atom. The molecule has 0 spiro atoms. The van der Waals surface area contributed by atoms with Crippen LogP contribution in [0.15, 0.2) is 48.8 Å². The van der Waals surface area contributed by atoms with Crippen molar-refractivity contribution in [3.63, 3.8) is 0 Å². The molecule has 0 unspecified atom stereocenters. The number of rotatable bonds is 4. The quantitative estimate of drug-likeness (QED) is 0.788. The van der Waals surface area contributed by atoms with E-state index in [1.807, 2.05) is 47.0 Å². The number of aliphatic carboxylic acids is 1. The number of carboxylic acid groups (broad SMARTS) is 1. The van der Waals surface area contributed by atoms with Gasteiger partial charge in [0.2, 0.25) is 0 Å². The summed E-state index contributed by atoms with van der Waals surface area (Å²) in [6, 6.07) is 11.6. The lowest BCUT2D eigenvalue weighted by Crippen LogP contribution is -2.01. The second-order valence-corrected chi connectivity index (χ2v) is 4.45. The van der Waals surface area contributed by atoms with E-state index in [1.165, 1.54) is 0 Å². The fraction of sp³-hybridized carbons (Fsp3) is 0.133. The number of carbonyl (C=O) groups is 1. The summed E-state index contributed by atoms with van der Waals surface area (Å²) in [6.45, 7) is 0. The van der Waals surface area contributed by atoms with E-state index >= 15 is 0 Å². The maximum atomic E-state index is 10.7. The van der Waals surface area contributed by atoms with Gasteiger partial charge in [0.25, 0.3) is 0 Å². The largest absolute Gasteiger partial charge is 0.481 e. The number of fused-ring (bicyclic) bond motifs is 1. The van der Waals surface area contributed by atoms with Crippen LogP contribution in [0, 0.1) is 0 Å². The van der Waals surface area contributed by atoms with E-state index in [4.69, 9.17) is 5.11 Å². The average molecular weight is 267 g/mol. The minimum Gasteiger partial charge on any atom is -0.481 e. The number of aromatic nitrogens is 3. The third-order valence-electron chi connectivity index (χ3n) is 3.09. The van der Waals surface area contributed by atoms with Crippen molar-refractivity contribution in [1.29, 1.82) is 0 Å². The van der Waals surface area contributed by atoms with Gasteiger partial charge in [-0.1, -0.05) is 30.3 Å². The highest BCUT2D eigenvalue weighted by molar-refractivity contribution is 5.74. The van der Waals surface area contributed by atoms with Gasteiger partial charge in [-0.25, -0.2) is 9.97 Å². The van der Waals surface area contributed by atoms with Gasteiger partial charge in [-0.3, -0.25) is 9.20 Å². The number of aryl methyl sites for hydroxylation is 1. The van der Waals surface area contributed by atoms with E-state index in [9.17, 15) is 4.79 Å². The van der Waals surface area contributed by atoms with E-state index in [0.717, 1.165) is 16.9 Å². The molecule has 0 fully saturated rings. The molecule has 0 aliphatic rings. The van der Waals surface area contributed by atoms with Crippen molar-refractivity contribution in [2.45, 2.75) is 12.8 Å². The molecular formula is C15H13N3O2. The molecule has 0 amide bonds. The Hall–Kier alpha value is -2.69. The molecule has 3 aromatic rings. The Balaban J connectivity index is 2.11. The Kier molecular flexibility index (Phi) is 3.16. The Morgan fingerprint density at radius 3 is 2.75 bits per heavy atom. The summed E-state index contributed by atoms with van der Waals surface area (Å²) in [6.07, 6.45) is 4.01. The van der Waals surface area contributed by atoms with E-state index in [2.05, 4.69) is 9.97 Å². The summed E-state index contributed by atoms with van der Waals surface area (Å²) in [7, 11) is 0. The number of imidazole rings is 1. The normalized spacial score (nSPS) is 10.8. The van der Waals surface area contributed by atoms with Gasteiger partial charge in [0, 0.05) is 24.4 Å². The Morgan fingerprint density at radius 1 is 1.20 bits per heavy atom. The van der Waals surface area contributed by atoms with Crippen molar-refractivity contribution in [2.75, 3.05) is 0 Å². The van der Waals surface area contributed by atoms with Crippen LogP contribution in [-0.2, 0) is 11.2 Å². The van der Waals surface area contributed by atoms with Gasteiger partial charge in [-0.05, 0) is 6.07 Å². The van der Waals surface area contributed by atoms with E-state index in [0.29, 0.717) is 12.2 Å². The first-order valence-electron chi connectivity index (χ1n) is 6.35. The molecule has 0 atom stereocenters. The molecule has 0 saturated carbocycles. The minimum atomic E-state index is -0.827. The maximum Gasteiger partial charge on any atom is 0.303 e. The van der Waals surface area contributed by atoms with Crippen molar-refractivity contribution in [3.8, 4) is 11.3 Å². The van der Waals surface area contributed by atoms with E-state index in [1.54, 1.807) is 6.20 Å². The zero-order valence-corrected chi connectivity index (χ0v) is 10.7. The summed E-state index contributed by atoms with van der Waals surface area (Å²) < 4.78 is 1.85. The third kappa shape index (κ3) is 2.25. The molecular weight excluding hydrogens is 254 g/mol. The number of hydrogen-bond acceptors (Lipinski definition) is 3.